The second kappa shape index (κ2) is 6.95. The molecule has 0 saturated carbocycles. The molecule has 6 nitrogen and oxygen atoms in total. The number of fused-ring (bicyclic) bond motifs is 1. The minimum atomic E-state index is -1.28. The van der Waals surface area contributed by atoms with Crippen LogP contribution in [0.3, 0.4) is 0 Å². The molecule has 0 bridgehead atoms. The van der Waals surface area contributed by atoms with Gasteiger partial charge in [-0.3, -0.25) is 9.48 Å². The summed E-state index contributed by atoms with van der Waals surface area (Å²) in [7, 11) is 1.90. The summed E-state index contributed by atoms with van der Waals surface area (Å²) in [5, 5.41) is 16.2. The van der Waals surface area contributed by atoms with Crippen LogP contribution in [-0.2, 0) is 17.3 Å². The summed E-state index contributed by atoms with van der Waals surface area (Å²) in [6.45, 7) is 7.65. The molecule has 0 radical (unpaired) electrons. The molecule has 1 aromatic heterocycles. The van der Waals surface area contributed by atoms with E-state index in [-0.39, 0.29) is 12.2 Å². The van der Waals surface area contributed by atoms with Crippen molar-refractivity contribution in [3.8, 4) is 11.1 Å². The minimum Gasteiger partial charge on any atom is -0.359 e. The van der Waals surface area contributed by atoms with Gasteiger partial charge in [0.25, 0.3) is 0 Å². The van der Waals surface area contributed by atoms with E-state index in [1.807, 2.05) is 52.2 Å². The average molecular weight is 434 g/mol. The average Bonchev–Trinajstić information content (AvgIpc) is 3.36. The van der Waals surface area contributed by atoms with Gasteiger partial charge in [-0.2, -0.15) is 15.3 Å². The maximum atomic E-state index is 15.7. The lowest BCUT2D eigenvalue weighted by Gasteiger charge is -2.49. The Labute approximate surface area is 187 Å². The summed E-state index contributed by atoms with van der Waals surface area (Å²) in [4.78, 5) is 13.6. The number of halogens is 1. The van der Waals surface area contributed by atoms with Crippen molar-refractivity contribution in [3.05, 3.63) is 64.8 Å². The van der Waals surface area contributed by atoms with Gasteiger partial charge >= 0.3 is 0 Å². The molecule has 3 atom stereocenters. The molecule has 0 amide bonds. The number of carbonyl (C=O) groups is 1. The molecule has 7 heteroatoms. The van der Waals surface area contributed by atoms with Crippen molar-refractivity contribution in [1.82, 2.24) is 15.1 Å². The van der Waals surface area contributed by atoms with Crippen molar-refractivity contribution in [3.63, 3.8) is 0 Å². The Morgan fingerprint density at radius 3 is 2.78 bits per heavy atom. The SMILES string of the molecule is CC[C@@]1(c2cccc(-c3cn(C)nc3C)c2)C2=CN=NC2NC2=C1C(=O)CC(C)(C)[C@@H]2F. The number of aryl methyl sites for hydroxylation is 2. The van der Waals surface area contributed by atoms with E-state index in [1.54, 1.807) is 10.9 Å². The van der Waals surface area contributed by atoms with Crippen LogP contribution in [0.2, 0.25) is 0 Å². The van der Waals surface area contributed by atoms with Gasteiger partial charge in [0, 0.05) is 41.8 Å². The largest absolute Gasteiger partial charge is 0.359 e. The summed E-state index contributed by atoms with van der Waals surface area (Å²) in [6.07, 6.45) is 2.78. The highest BCUT2D eigenvalue weighted by atomic mass is 19.1. The quantitative estimate of drug-likeness (QED) is 0.747. The van der Waals surface area contributed by atoms with Gasteiger partial charge in [0.05, 0.1) is 23.0 Å². The Balaban J connectivity index is 1.77. The van der Waals surface area contributed by atoms with Crippen LogP contribution in [0.1, 0.15) is 44.9 Å². The third kappa shape index (κ3) is 2.76. The van der Waals surface area contributed by atoms with Gasteiger partial charge in [-0.1, -0.05) is 39.0 Å². The fraction of sp³-hybridized carbons (Fsp3) is 0.440. The molecule has 1 unspecified atom stereocenters. The monoisotopic (exact) mass is 433 g/mol. The number of rotatable bonds is 3. The molecule has 166 valence electrons. The first-order valence-electron chi connectivity index (χ1n) is 11.1. The molecular weight excluding hydrogens is 405 g/mol. The van der Waals surface area contributed by atoms with Crippen molar-refractivity contribution in [2.45, 2.75) is 58.3 Å². The number of aromatic nitrogens is 2. The lowest BCUT2D eigenvalue weighted by atomic mass is 9.58. The van der Waals surface area contributed by atoms with E-state index in [9.17, 15) is 4.79 Å². The number of hydrogen-bond donors (Lipinski definition) is 1. The fourth-order valence-corrected chi connectivity index (χ4v) is 5.64. The van der Waals surface area contributed by atoms with Gasteiger partial charge in [-0.25, -0.2) is 4.39 Å². The highest BCUT2D eigenvalue weighted by Crippen LogP contribution is 2.54. The maximum absolute atomic E-state index is 15.7. The molecule has 2 aliphatic heterocycles. The molecule has 1 aromatic carbocycles. The number of Topliss-reactive ketones (excluding diaryl/α,β-unsaturated/α-hetero) is 1. The molecule has 1 aliphatic carbocycles. The van der Waals surface area contributed by atoms with Crippen LogP contribution < -0.4 is 5.32 Å². The lowest BCUT2D eigenvalue weighted by molar-refractivity contribution is -0.120. The van der Waals surface area contributed by atoms with Gasteiger partial charge < -0.3 is 5.32 Å². The molecule has 5 rings (SSSR count). The van der Waals surface area contributed by atoms with E-state index in [0.717, 1.165) is 28.0 Å². The van der Waals surface area contributed by atoms with E-state index in [2.05, 4.69) is 33.6 Å². The zero-order chi connectivity index (χ0) is 22.8. The molecule has 1 N–H and O–H groups in total. The Morgan fingerprint density at radius 2 is 2.09 bits per heavy atom. The van der Waals surface area contributed by atoms with E-state index >= 15 is 4.39 Å². The molecule has 0 saturated heterocycles. The van der Waals surface area contributed by atoms with Crippen molar-refractivity contribution in [1.29, 1.82) is 0 Å². The standard InChI is InChI=1S/C25H28FN5O/c1-6-25(16-9-7-8-15(10-16)17-13-31(5)30-14(17)2)18-12-27-29-23(18)28-21-20(25)19(32)11-24(3,4)22(21)26/h7-10,12-13,22-23,28H,6,11H2,1-5H3/t22-,23?,25-/m1/s1. The van der Waals surface area contributed by atoms with Crippen molar-refractivity contribution < 1.29 is 9.18 Å². The van der Waals surface area contributed by atoms with Gasteiger partial charge in [0.15, 0.2) is 11.9 Å². The number of allylic oxidation sites excluding steroid dienone is 2. The molecular formula is C25H28FN5O. The number of hydrogen-bond acceptors (Lipinski definition) is 5. The first kappa shape index (κ1) is 20.8. The maximum Gasteiger partial charge on any atom is 0.164 e. The van der Waals surface area contributed by atoms with Crippen LogP contribution in [0.25, 0.3) is 11.1 Å². The highest BCUT2D eigenvalue weighted by Gasteiger charge is 2.56. The zero-order valence-corrected chi connectivity index (χ0v) is 19.1. The smallest absolute Gasteiger partial charge is 0.164 e. The number of azo groups is 1. The van der Waals surface area contributed by atoms with Crippen LogP contribution >= 0.6 is 0 Å². The lowest BCUT2D eigenvalue weighted by Crippen LogP contribution is -2.55. The Morgan fingerprint density at radius 1 is 1.31 bits per heavy atom. The first-order valence-corrected chi connectivity index (χ1v) is 11.1. The van der Waals surface area contributed by atoms with Crippen molar-refractivity contribution in [2.24, 2.45) is 22.7 Å². The topological polar surface area (TPSA) is 71.6 Å². The first-order chi connectivity index (χ1) is 15.2. The van der Waals surface area contributed by atoms with Gasteiger partial charge in [-0.05, 0) is 30.5 Å². The van der Waals surface area contributed by atoms with E-state index in [4.69, 9.17) is 0 Å². The summed E-state index contributed by atoms with van der Waals surface area (Å²) in [5.41, 5.74) is 4.20. The fourth-order valence-electron chi connectivity index (χ4n) is 5.64. The van der Waals surface area contributed by atoms with Gasteiger partial charge in [-0.15, -0.1) is 0 Å². The highest BCUT2D eigenvalue weighted by molar-refractivity contribution is 6.02. The molecule has 32 heavy (non-hydrogen) atoms. The van der Waals surface area contributed by atoms with Crippen molar-refractivity contribution >= 4 is 5.78 Å². The van der Waals surface area contributed by atoms with Crippen LogP contribution in [0.15, 0.2) is 63.7 Å². The van der Waals surface area contributed by atoms with Crippen LogP contribution in [0.5, 0.6) is 0 Å². The number of benzene rings is 1. The number of ketones is 1. The van der Waals surface area contributed by atoms with Crippen LogP contribution in [-0.4, -0.2) is 27.9 Å². The second-order valence-corrected chi connectivity index (χ2v) is 9.74. The molecule has 0 fully saturated rings. The van der Waals surface area contributed by atoms with Gasteiger partial charge in [0.2, 0.25) is 0 Å². The second-order valence-electron chi connectivity index (χ2n) is 9.74. The molecule has 3 heterocycles. The Bertz CT molecular complexity index is 1220. The van der Waals surface area contributed by atoms with Crippen LogP contribution in [0.4, 0.5) is 4.39 Å². The molecule has 0 spiro atoms. The normalized spacial score (nSPS) is 28.3. The van der Waals surface area contributed by atoms with E-state index < -0.39 is 23.2 Å². The summed E-state index contributed by atoms with van der Waals surface area (Å²) < 4.78 is 17.5. The molecule has 3 aliphatic rings. The van der Waals surface area contributed by atoms with E-state index in [0.29, 0.717) is 17.7 Å². The third-order valence-corrected chi connectivity index (χ3v) is 7.20. The van der Waals surface area contributed by atoms with Crippen LogP contribution in [0, 0.1) is 12.3 Å². The summed E-state index contributed by atoms with van der Waals surface area (Å²) in [5.74, 6) is -0.0116. The minimum absolute atomic E-state index is 0.0116. The predicted octanol–water partition coefficient (Wildman–Crippen LogP) is 4.91. The third-order valence-electron chi connectivity index (χ3n) is 7.20. The van der Waals surface area contributed by atoms with E-state index in [1.165, 1.54) is 0 Å². The number of carbonyl (C=O) groups excluding carboxylic acids is 1. The van der Waals surface area contributed by atoms with Crippen molar-refractivity contribution in [2.75, 3.05) is 0 Å². The number of nitrogens with one attached hydrogen (secondary N) is 1. The Kier molecular flexibility index (Phi) is 4.52. The summed E-state index contributed by atoms with van der Waals surface area (Å²) >= 11 is 0. The van der Waals surface area contributed by atoms with Gasteiger partial charge in [0.1, 0.15) is 6.17 Å². The zero-order valence-electron chi connectivity index (χ0n) is 19.1. The number of nitrogens with zero attached hydrogens (tertiary/aromatic N) is 4. The molecule has 2 aromatic rings. The predicted molar refractivity (Wildman–Crippen MR) is 121 cm³/mol. The summed E-state index contributed by atoms with van der Waals surface area (Å²) in [6, 6.07) is 8.19. The number of alkyl halides is 1. The Hall–Kier alpha value is -3.09.